The molecule has 0 aliphatic rings. The smallest absolute Gasteiger partial charge is 0.406 e. The molecule has 0 saturated heterocycles. The molecule has 0 aliphatic carbocycles. The summed E-state index contributed by atoms with van der Waals surface area (Å²) < 4.78 is 39.5. The van der Waals surface area contributed by atoms with Gasteiger partial charge in [0.05, 0.1) is 0 Å². The first kappa shape index (κ1) is 12.9. The van der Waals surface area contributed by atoms with E-state index in [9.17, 15) is 13.2 Å². The molecule has 1 nitrogen and oxygen atoms in total. The Balaban J connectivity index is 2.76. The standard InChI is InChI=1S/C11H8BrF3O/c12-7-2-1-4-9-5-3-6-10(8-9)16-11(13,14)15/h3,5-6,8H,2,7H2. The third kappa shape index (κ3) is 5.08. The number of benzene rings is 1. The van der Waals surface area contributed by atoms with Crippen LogP contribution in [0.15, 0.2) is 24.3 Å². The predicted molar refractivity (Wildman–Crippen MR) is 58.4 cm³/mol. The first-order chi connectivity index (χ1) is 7.51. The van der Waals surface area contributed by atoms with Gasteiger partial charge in [0, 0.05) is 17.3 Å². The summed E-state index contributed by atoms with van der Waals surface area (Å²) in [5.74, 6) is 5.30. The van der Waals surface area contributed by atoms with Crippen LogP contribution in [0.4, 0.5) is 13.2 Å². The summed E-state index contributed by atoms with van der Waals surface area (Å²) in [7, 11) is 0. The summed E-state index contributed by atoms with van der Waals surface area (Å²) in [6.07, 6.45) is -4.02. The zero-order valence-corrected chi connectivity index (χ0v) is 9.73. The lowest BCUT2D eigenvalue weighted by Crippen LogP contribution is -2.17. The van der Waals surface area contributed by atoms with Gasteiger partial charge in [0.15, 0.2) is 0 Å². The van der Waals surface area contributed by atoms with E-state index < -0.39 is 6.36 Å². The fraction of sp³-hybridized carbons (Fsp3) is 0.273. The summed E-state index contributed by atoms with van der Waals surface area (Å²) in [6.45, 7) is 0. The second-order valence-corrected chi connectivity index (χ2v) is 3.61. The molecule has 0 amide bonds. The van der Waals surface area contributed by atoms with Crippen LogP contribution in [-0.4, -0.2) is 11.7 Å². The van der Waals surface area contributed by atoms with E-state index in [1.54, 1.807) is 6.07 Å². The molecule has 0 aliphatic heterocycles. The summed E-state index contributed by atoms with van der Waals surface area (Å²) in [4.78, 5) is 0. The third-order valence-electron chi connectivity index (χ3n) is 1.52. The Kier molecular flexibility index (Phi) is 4.69. The van der Waals surface area contributed by atoms with Crippen molar-refractivity contribution in [2.24, 2.45) is 0 Å². The van der Waals surface area contributed by atoms with E-state index in [1.807, 2.05) is 0 Å². The minimum absolute atomic E-state index is 0.252. The highest BCUT2D eigenvalue weighted by molar-refractivity contribution is 9.09. The van der Waals surface area contributed by atoms with E-state index >= 15 is 0 Å². The van der Waals surface area contributed by atoms with Crippen LogP contribution in [0.5, 0.6) is 5.75 Å². The van der Waals surface area contributed by atoms with Crippen molar-refractivity contribution in [1.29, 1.82) is 0 Å². The zero-order chi connectivity index (χ0) is 12.0. The average Bonchev–Trinajstić information content (AvgIpc) is 2.16. The fourth-order valence-corrected chi connectivity index (χ4v) is 1.18. The Bertz CT molecular complexity index is 404. The molecule has 0 heterocycles. The van der Waals surface area contributed by atoms with E-state index in [0.717, 1.165) is 5.33 Å². The fourth-order valence-electron chi connectivity index (χ4n) is 0.983. The first-order valence-electron chi connectivity index (χ1n) is 4.42. The van der Waals surface area contributed by atoms with Crippen molar-refractivity contribution < 1.29 is 17.9 Å². The molecule has 5 heteroatoms. The topological polar surface area (TPSA) is 9.23 Å². The summed E-state index contributed by atoms with van der Waals surface area (Å²) >= 11 is 3.20. The van der Waals surface area contributed by atoms with E-state index in [2.05, 4.69) is 32.5 Å². The Hall–Kier alpha value is -1.15. The molecule has 0 atom stereocenters. The quantitative estimate of drug-likeness (QED) is 0.596. The molecule has 1 aromatic carbocycles. The molecule has 0 unspecified atom stereocenters. The lowest BCUT2D eigenvalue weighted by atomic mass is 10.2. The second kappa shape index (κ2) is 5.80. The van der Waals surface area contributed by atoms with Gasteiger partial charge in [0.2, 0.25) is 0 Å². The van der Waals surface area contributed by atoms with E-state index in [-0.39, 0.29) is 5.75 Å². The monoisotopic (exact) mass is 292 g/mol. The molecule has 0 bridgehead atoms. The zero-order valence-electron chi connectivity index (χ0n) is 8.14. The normalized spacial score (nSPS) is 10.5. The highest BCUT2D eigenvalue weighted by atomic mass is 79.9. The van der Waals surface area contributed by atoms with Crippen molar-refractivity contribution in [1.82, 2.24) is 0 Å². The largest absolute Gasteiger partial charge is 0.573 e. The van der Waals surface area contributed by atoms with Gasteiger partial charge in [-0.15, -0.1) is 13.2 Å². The lowest BCUT2D eigenvalue weighted by molar-refractivity contribution is -0.274. The highest BCUT2D eigenvalue weighted by Gasteiger charge is 2.30. The van der Waals surface area contributed by atoms with Crippen molar-refractivity contribution in [2.75, 3.05) is 5.33 Å². The number of halogens is 4. The van der Waals surface area contributed by atoms with Crippen LogP contribution in [0.3, 0.4) is 0 Å². The number of rotatable bonds is 2. The average molecular weight is 293 g/mol. The van der Waals surface area contributed by atoms with Gasteiger partial charge in [-0.2, -0.15) is 0 Å². The van der Waals surface area contributed by atoms with Crippen molar-refractivity contribution in [2.45, 2.75) is 12.8 Å². The van der Waals surface area contributed by atoms with Gasteiger partial charge in [-0.1, -0.05) is 33.8 Å². The molecule has 0 radical (unpaired) electrons. The van der Waals surface area contributed by atoms with Gasteiger partial charge in [-0.05, 0) is 18.2 Å². The maximum Gasteiger partial charge on any atom is 0.573 e. The van der Waals surface area contributed by atoms with Crippen LogP contribution >= 0.6 is 15.9 Å². The van der Waals surface area contributed by atoms with Gasteiger partial charge < -0.3 is 4.74 Å². The summed E-state index contributed by atoms with van der Waals surface area (Å²) in [5, 5.41) is 0.735. The molecule has 16 heavy (non-hydrogen) atoms. The molecule has 0 fully saturated rings. The van der Waals surface area contributed by atoms with E-state index in [4.69, 9.17) is 0 Å². The van der Waals surface area contributed by atoms with Crippen LogP contribution in [0, 0.1) is 11.8 Å². The Labute approximate surface area is 99.7 Å². The Morgan fingerprint density at radius 1 is 1.31 bits per heavy atom. The van der Waals surface area contributed by atoms with Crippen molar-refractivity contribution in [3.05, 3.63) is 29.8 Å². The Morgan fingerprint density at radius 2 is 2.06 bits per heavy atom. The van der Waals surface area contributed by atoms with Gasteiger partial charge in [0.25, 0.3) is 0 Å². The van der Waals surface area contributed by atoms with Crippen molar-refractivity contribution in [3.8, 4) is 17.6 Å². The van der Waals surface area contributed by atoms with Gasteiger partial charge in [-0.25, -0.2) is 0 Å². The van der Waals surface area contributed by atoms with Gasteiger partial charge in [-0.3, -0.25) is 0 Å². The molecular weight excluding hydrogens is 285 g/mol. The maximum atomic E-state index is 11.9. The number of hydrogen-bond acceptors (Lipinski definition) is 1. The minimum atomic E-state index is -4.66. The van der Waals surface area contributed by atoms with Crippen LogP contribution in [0.25, 0.3) is 0 Å². The number of alkyl halides is 4. The molecule has 0 saturated carbocycles. The SMILES string of the molecule is FC(F)(F)Oc1cccc(C#CCCBr)c1. The first-order valence-corrected chi connectivity index (χ1v) is 5.54. The van der Waals surface area contributed by atoms with Crippen molar-refractivity contribution >= 4 is 15.9 Å². The van der Waals surface area contributed by atoms with Crippen molar-refractivity contribution in [3.63, 3.8) is 0 Å². The summed E-state index contributed by atoms with van der Waals surface area (Å²) in [6, 6.07) is 5.60. The Morgan fingerprint density at radius 3 is 2.69 bits per heavy atom. The number of ether oxygens (including phenoxy) is 1. The minimum Gasteiger partial charge on any atom is -0.406 e. The molecule has 1 rings (SSSR count). The second-order valence-electron chi connectivity index (χ2n) is 2.82. The van der Waals surface area contributed by atoms with E-state index in [1.165, 1.54) is 18.2 Å². The molecule has 0 aromatic heterocycles. The molecule has 86 valence electrons. The lowest BCUT2D eigenvalue weighted by Gasteiger charge is -2.08. The number of hydrogen-bond donors (Lipinski definition) is 0. The van der Waals surface area contributed by atoms with Crippen LogP contribution in [0.1, 0.15) is 12.0 Å². The van der Waals surface area contributed by atoms with E-state index in [0.29, 0.717) is 12.0 Å². The third-order valence-corrected chi connectivity index (χ3v) is 1.92. The van der Waals surface area contributed by atoms with Gasteiger partial charge in [0.1, 0.15) is 5.75 Å². The molecule has 0 N–H and O–H groups in total. The van der Waals surface area contributed by atoms with Crippen LogP contribution in [0.2, 0.25) is 0 Å². The van der Waals surface area contributed by atoms with Crippen LogP contribution < -0.4 is 4.74 Å². The highest BCUT2D eigenvalue weighted by Crippen LogP contribution is 2.22. The van der Waals surface area contributed by atoms with Crippen LogP contribution in [-0.2, 0) is 0 Å². The summed E-state index contributed by atoms with van der Waals surface area (Å²) in [5.41, 5.74) is 0.503. The molecule has 0 spiro atoms. The molecule has 1 aromatic rings. The predicted octanol–water partition coefficient (Wildman–Crippen LogP) is 3.72. The molecular formula is C11H8BrF3O. The maximum absolute atomic E-state index is 11.9. The van der Waals surface area contributed by atoms with Gasteiger partial charge >= 0.3 is 6.36 Å².